The van der Waals surface area contributed by atoms with E-state index in [0.717, 1.165) is 35.4 Å². The first-order chi connectivity index (χ1) is 32.8. The van der Waals surface area contributed by atoms with Gasteiger partial charge >= 0.3 is 0 Å². The van der Waals surface area contributed by atoms with Crippen LogP contribution in [0.5, 0.6) is 17.2 Å². The van der Waals surface area contributed by atoms with Crippen LogP contribution in [0, 0.1) is 5.92 Å². The number of nitrogens with zero attached hydrogens (tertiary/aromatic N) is 5. The normalized spacial score (nSPS) is 20.4. The number of allylic oxidation sites excluding steroid dienone is 3. The van der Waals surface area contributed by atoms with Gasteiger partial charge in [0.2, 0.25) is 0 Å². The van der Waals surface area contributed by atoms with Gasteiger partial charge in [-0.1, -0.05) is 120 Å². The number of fused-ring (bicyclic) bond motifs is 4. The number of aliphatic hydroxyl groups is 1. The number of aromatic nitrogens is 3. The second-order valence-electron chi connectivity index (χ2n) is 19.2. The zero-order valence-electron chi connectivity index (χ0n) is 40.1. The topological polar surface area (TPSA) is 119 Å². The van der Waals surface area contributed by atoms with Gasteiger partial charge in [0.1, 0.15) is 11.5 Å². The van der Waals surface area contributed by atoms with Crippen molar-refractivity contribution in [2.24, 2.45) is 5.92 Å². The van der Waals surface area contributed by atoms with E-state index in [-0.39, 0.29) is 41.9 Å². The highest BCUT2D eigenvalue weighted by Gasteiger charge is 2.66. The summed E-state index contributed by atoms with van der Waals surface area (Å²) in [5, 5.41) is 20.8. The molecule has 12 heteroatoms. The molecule has 3 aliphatic heterocycles. The van der Waals surface area contributed by atoms with Gasteiger partial charge in [-0.15, -0.1) is 5.10 Å². The Balaban J connectivity index is 1.15. The third-order valence-electron chi connectivity index (χ3n) is 14.4. The summed E-state index contributed by atoms with van der Waals surface area (Å²) in [5.74, 6) is 0.874. The van der Waals surface area contributed by atoms with Crippen LogP contribution in [0.2, 0.25) is 18.6 Å². The van der Waals surface area contributed by atoms with Crippen molar-refractivity contribution in [1.82, 2.24) is 15.0 Å². The SMILES string of the molecule is COc1ccc([Si](C)(C)[C@H]2[C@H](CCn3cc(C(CO)c4ccccc4)nn3)O[C@@]3(C(=O)N(C/C=C(\C)CCC=C(C)C)c4ccc(N5C(=O)c6ccccc6Oc6ccccc65)cc43)[C@@H]2C)cc1. The summed E-state index contributed by atoms with van der Waals surface area (Å²) in [5.41, 5.74) is 5.87. The summed E-state index contributed by atoms with van der Waals surface area (Å²) >= 11 is 0. The number of aryl methyl sites for hydroxylation is 1. The van der Waals surface area contributed by atoms with Crippen LogP contribution < -0.4 is 24.5 Å². The molecule has 0 bridgehead atoms. The molecule has 9 rings (SSSR count). The van der Waals surface area contributed by atoms with Crippen molar-refractivity contribution in [1.29, 1.82) is 0 Å². The molecule has 0 radical (unpaired) electrons. The van der Waals surface area contributed by atoms with Crippen LogP contribution in [0.4, 0.5) is 17.1 Å². The van der Waals surface area contributed by atoms with E-state index < -0.39 is 13.7 Å². The van der Waals surface area contributed by atoms with Crippen LogP contribution in [0.15, 0.2) is 151 Å². The van der Waals surface area contributed by atoms with Crippen molar-refractivity contribution in [2.45, 2.75) is 89.8 Å². The maximum atomic E-state index is 15.8. The maximum Gasteiger partial charge on any atom is 0.266 e. The molecular weight excluding hydrogens is 867 g/mol. The van der Waals surface area contributed by atoms with E-state index in [1.807, 2.05) is 119 Å². The molecule has 1 saturated heterocycles. The Hall–Kier alpha value is -6.60. The van der Waals surface area contributed by atoms with E-state index in [1.165, 1.54) is 16.3 Å². The number of carbonyl (C=O) groups excluding carboxylic acids is 2. The number of ether oxygens (including phenoxy) is 3. The van der Waals surface area contributed by atoms with Gasteiger partial charge in [-0.3, -0.25) is 19.2 Å². The Kier molecular flexibility index (Phi) is 13.1. The van der Waals surface area contributed by atoms with E-state index in [1.54, 1.807) is 18.1 Å². The van der Waals surface area contributed by atoms with Crippen LogP contribution in [0.25, 0.3) is 0 Å². The van der Waals surface area contributed by atoms with Crippen molar-refractivity contribution in [3.63, 3.8) is 0 Å². The number of amides is 2. The van der Waals surface area contributed by atoms with Gasteiger partial charge in [-0.05, 0) is 106 Å². The molecule has 4 heterocycles. The Bertz CT molecular complexity index is 2870. The average Bonchev–Trinajstić information content (AvgIpc) is 3.98. The van der Waals surface area contributed by atoms with Crippen molar-refractivity contribution in [3.05, 3.63) is 173 Å². The van der Waals surface area contributed by atoms with Crippen molar-refractivity contribution < 1.29 is 28.9 Å². The zero-order chi connectivity index (χ0) is 47.7. The molecular formula is C56H61N5O6Si. The van der Waals surface area contributed by atoms with Gasteiger partial charge in [0.05, 0.1) is 56.4 Å². The number of hydrogen-bond acceptors (Lipinski definition) is 8. The second-order valence-corrected chi connectivity index (χ2v) is 23.9. The number of methoxy groups -OCH3 is 1. The summed E-state index contributed by atoms with van der Waals surface area (Å²) < 4.78 is 21.4. The lowest BCUT2D eigenvalue weighted by atomic mass is 9.82. The lowest BCUT2D eigenvalue weighted by molar-refractivity contribution is -0.145. The predicted octanol–water partition coefficient (Wildman–Crippen LogP) is 10.8. The third kappa shape index (κ3) is 8.50. The summed E-state index contributed by atoms with van der Waals surface area (Å²) in [7, 11) is -0.839. The lowest BCUT2D eigenvalue weighted by Gasteiger charge is -2.37. The van der Waals surface area contributed by atoms with Gasteiger partial charge in [0, 0.05) is 36.5 Å². The fourth-order valence-corrected chi connectivity index (χ4v) is 14.9. The van der Waals surface area contributed by atoms with Crippen LogP contribution >= 0.6 is 0 Å². The number of benzene rings is 5. The minimum Gasteiger partial charge on any atom is -0.497 e. The highest BCUT2D eigenvalue weighted by atomic mass is 28.3. The standard InChI is InChI=1S/C56H61N5O6Si/c1-37(2)16-15-17-38(3)30-33-60-48-29-24-41(61-49-21-12-14-23-51(49)66-50-22-13-11-20-44(50)54(61)63)34-46(48)56(55(60)64)39(4)53(68(6,7)43-27-25-42(65-5)26-28-43)52(67-56)31-32-59-35-47(57-58-59)45(36-62)40-18-9-8-10-19-40/h8-14,16,18-30,34-35,39,45,52-53,62H,15,17,31-33,36H2,1-7H3/b38-30+/t39-,45?,52+,53-,56+/m1/s1. The zero-order valence-corrected chi connectivity index (χ0v) is 41.1. The molecule has 11 nitrogen and oxygen atoms in total. The van der Waals surface area contributed by atoms with Gasteiger partial charge in [-0.2, -0.15) is 0 Å². The Morgan fingerprint density at radius 3 is 2.34 bits per heavy atom. The molecule has 5 atom stereocenters. The van der Waals surface area contributed by atoms with Crippen molar-refractivity contribution >= 4 is 42.1 Å². The molecule has 6 aromatic rings. The highest BCUT2D eigenvalue weighted by molar-refractivity contribution is 6.91. The molecule has 1 fully saturated rings. The summed E-state index contributed by atoms with van der Waals surface area (Å²) in [6.45, 7) is 14.1. The third-order valence-corrected chi connectivity index (χ3v) is 18.7. The quantitative estimate of drug-likeness (QED) is 0.0799. The maximum absolute atomic E-state index is 15.8. The molecule has 1 aromatic heterocycles. The first-order valence-corrected chi connectivity index (χ1v) is 26.8. The largest absolute Gasteiger partial charge is 0.497 e. The Morgan fingerprint density at radius 1 is 0.882 bits per heavy atom. The highest BCUT2D eigenvalue weighted by Crippen LogP contribution is 2.61. The summed E-state index contributed by atoms with van der Waals surface area (Å²) in [6.07, 6.45) is 8.32. The number of para-hydroxylation sites is 3. The number of aliphatic hydroxyl groups excluding tert-OH is 1. The van der Waals surface area contributed by atoms with Crippen LogP contribution in [-0.2, 0) is 21.7 Å². The monoisotopic (exact) mass is 927 g/mol. The molecule has 1 N–H and O–H groups in total. The number of hydrogen-bond donors (Lipinski definition) is 1. The number of rotatable bonds is 15. The van der Waals surface area contributed by atoms with E-state index >= 15 is 4.79 Å². The van der Waals surface area contributed by atoms with Crippen LogP contribution in [0.1, 0.15) is 80.1 Å². The van der Waals surface area contributed by atoms with Crippen molar-refractivity contribution in [2.75, 3.05) is 30.1 Å². The Labute approximate surface area is 400 Å². The van der Waals surface area contributed by atoms with Crippen LogP contribution in [-0.4, -0.2) is 66.4 Å². The molecule has 3 aliphatic rings. The van der Waals surface area contributed by atoms with Crippen LogP contribution in [0.3, 0.4) is 0 Å². The average molecular weight is 928 g/mol. The number of anilines is 3. The molecule has 0 aliphatic carbocycles. The minimum absolute atomic E-state index is 0.0454. The number of carbonyl (C=O) groups is 2. The lowest BCUT2D eigenvalue weighted by Crippen LogP contribution is -2.52. The van der Waals surface area contributed by atoms with Gasteiger partial charge < -0.3 is 24.2 Å². The van der Waals surface area contributed by atoms with Gasteiger partial charge in [0.25, 0.3) is 11.8 Å². The predicted molar refractivity (Wildman–Crippen MR) is 270 cm³/mol. The smallest absolute Gasteiger partial charge is 0.266 e. The first kappa shape index (κ1) is 46.5. The molecule has 0 saturated carbocycles. The van der Waals surface area contributed by atoms with E-state index in [4.69, 9.17) is 14.2 Å². The van der Waals surface area contributed by atoms with E-state index in [9.17, 15) is 9.90 Å². The first-order valence-electron chi connectivity index (χ1n) is 23.7. The fourth-order valence-electron chi connectivity index (χ4n) is 10.8. The minimum atomic E-state index is -2.51. The van der Waals surface area contributed by atoms with E-state index in [2.05, 4.69) is 75.4 Å². The second kappa shape index (κ2) is 19.2. The molecule has 1 spiro atoms. The van der Waals surface area contributed by atoms with Gasteiger partial charge in [-0.25, -0.2) is 0 Å². The van der Waals surface area contributed by atoms with E-state index in [0.29, 0.717) is 53.6 Å². The van der Waals surface area contributed by atoms with Gasteiger partial charge in [0.15, 0.2) is 11.4 Å². The molecule has 1 unspecified atom stereocenters. The fraction of sp³-hybridized carbons (Fsp3) is 0.321. The van der Waals surface area contributed by atoms with Crippen molar-refractivity contribution in [3.8, 4) is 17.2 Å². The molecule has 5 aromatic carbocycles. The molecule has 2 amide bonds. The summed E-state index contributed by atoms with van der Waals surface area (Å²) in [6, 6.07) is 39.0. The summed E-state index contributed by atoms with van der Waals surface area (Å²) in [4.78, 5) is 34.3. The molecule has 350 valence electrons. The Morgan fingerprint density at radius 2 is 1.60 bits per heavy atom. The molecule has 68 heavy (non-hydrogen) atoms.